The molecule has 0 saturated carbocycles. The fourth-order valence-corrected chi connectivity index (χ4v) is 4.40. The standard InChI is InChI=1S/C25H20FN3O5/c1-12-9-13(2)23(33-3)15(10-12)21(30)19-20(18-5-4-8-34-18)29(24(32)22(19)31)25-27-16-7-6-14(26)11-17(16)28-25/h4-11,20,30H,1-3H3,(H,27,28)/b21-19+. The van der Waals surface area contributed by atoms with Gasteiger partial charge in [-0.2, -0.15) is 0 Å². The first kappa shape index (κ1) is 21.4. The number of aromatic nitrogens is 2. The van der Waals surface area contributed by atoms with Crippen molar-refractivity contribution < 1.29 is 28.2 Å². The number of fused-ring (bicyclic) bond motifs is 1. The predicted molar refractivity (Wildman–Crippen MR) is 122 cm³/mol. The summed E-state index contributed by atoms with van der Waals surface area (Å²) in [7, 11) is 1.46. The van der Waals surface area contributed by atoms with Crippen molar-refractivity contribution in [1.29, 1.82) is 0 Å². The zero-order chi connectivity index (χ0) is 24.1. The summed E-state index contributed by atoms with van der Waals surface area (Å²) in [5.41, 5.74) is 2.46. The lowest BCUT2D eigenvalue weighted by atomic mass is 9.96. The Bertz CT molecular complexity index is 1490. The van der Waals surface area contributed by atoms with Gasteiger partial charge in [0.2, 0.25) is 5.95 Å². The summed E-state index contributed by atoms with van der Waals surface area (Å²) >= 11 is 0. The number of rotatable bonds is 4. The Hall–Kier alpha value is -4.40. The molecule has 5 rings (SSSR count). The van der Waals surface area contributed by atoms with Gasteiger partial charge in [-0.25, -0.2) is 9.37 Å². The average Bonchev–Trinajstić information content (AvgIpc) is 3.51. The molecule has 2 aromatic heterocycles. The van der Waals surface area contributed by atoms with Crippen LogP contribution in [0.15, 0.2) is 58.7 Å². The third kappa shape index (κ3) is 3.24. The highest BCUT2D eigenvalue weighted by atomic mass is 19.1. The summed E-state index contributed by atoms with van der Waals surface area (Å²) < 4.78 is 24.7. The number of Topliss-reactive ketones (excluding diaryl/α,β-unsaturated/α-hetero) is 1. The Kier molecular flexibility index (Phi) is 4.97. The van der Waals surface area contributed by atoms with E-state index in [1.807, 2.05) is 19.9 Å². The maximum atomic E-state index is 13.7. The van der Waals surface area contributed by atoms with Crippen LogP contribution < -0.4 is 9.64 Å². The minimum atomic E-state index is -1.11. The van der Waals surface area contributed by atoms with Crippen LogP contribution in [0.3, 0.4) is 0 Å². The number of nitrogens with one attached hydrogen (secondary N) is 1. The lowest BCUT2D eigenvalue weighted by Gasteiger charge is -2.21. The molecule has 4 aromatic rings. The number of halogens is 1. The zero-order valence-corrected chi connectivity index (χ0v) is 18.5. The quantitative estimate of drug-likeness (QED) is 0.262. The second kappa shape index (κ2) is 7.87. The zero-order valence-electron chi connectivity index (χ0n) is 18.5. The number of H-pyrrole nitrogens is 1. The highest BCUT2D eigenvalue weighted by Crippen LogP contribution is 2.43. The number of amides is 1. The number of carbonyl (C=O) groups excluding carboxylic acids is 2. The number of aliphatic hydroxyl groups is 1. The van der Waals surface area contributed by atoms with Crippen molar-refractivity contribution in [3.63, 3.8) is 0 Å². The van der Waals surface area contributed by atoms with Gasteiger partial charge in [-0.3, -0.25) is 14.5 Å². The number of furan rings is 1. The first-order valence-corrected chi connectivity index (χ1v) is 10.5. The number of ether oxygens (including phenoxy) is 1. The average molecular weight is 461 g/mol. The summed E-state index contributed by atoms with van der Waals surface area (Å²) in [6.45, 7) is 3.66. The van der Waals surface area contributed by atoms with Crippen LogP contribution in [0.4, 0.5) is 10.3 Å². The molecule has 8 nitrogen and oxygen atoms in total. The number of aromatic amines is 1. The Labute approximate surface area is 193 Å². The van der Waals surface area contributed by atoms with E-state index in [1.54, 1.807) is 18.2 Å². The molecule has 0 radical (unpaired) electrons. The van der Waals surface area contributed by atoms with E-state index in [9.17, 15) is 19.1 Å². The molecule has 1 atom stereocenters. The van der Waals surface area contributed by atoms with Crippen molar-refractivity contribution in [3.8, 4) is 5.75 Å². The first-order valence-electron chi connectivity index (χ1n) is 10.5. The van der Waals surface area contributed by atoms with E-state index in [4.69, 9.17) is 9.15 Å². The van der Waals surface area contributed by atoms with Crippen LogP contribution >= 0.6 is 0 Å². The Morgan fingerprint density at radius 1 is 1.21 bits per heavy atom. The highest BCUT2D eigenvalue weighted by molar-refractivity contribution is 6.51. The fraction of sp³-hybridized carbons (Fsp3) is 0.160. The van der Waals surface area contributed by atoms with Crippen LogP contribution in [0.5, 0.6) is 5.75 Å². The molecule has 1 amide bonds. The van der Waals surface area contributed by atoms with E-state index in [0.717, 1.165) is 16.0 Å². The van der Waals surface area contributed by atoms with E-state index in [1.165, 1.54) is 31.6 Å². The van der Waals surface area contributed by atoms with Gasteiger partial charge < -0.3 is 19.2 Å². The SMILES string of the molecule is COc1c(C)cc(C)cc1/C(O)=C1\C(=O)C(=O)N(c2nc3ccc(F)cc3[nH]2)C1c1ccco1. The van der Waals surface area contributed by atoms with Crippen LogP contribution in [-0.2, 0) is 9.59 Å². The Morgan fingerprint density at radius 2 is 2.00 bits per heavy atom. The summed E-state index contributed by atoms with van der Waals surface area (Å²) in [6, 6.07) is 9.61. The Morgan fingerprint density at radius 3 is 2.71 bits per heavy atom. The molecule has 1 aliphatic rings. The van der Waals surface area contributed by atoms with E-state index in [0.29, 0.717) is 16.8 Å². The van der Waals surface area contributed by atoms with Gasteiger partial charge in [0, 0.05) is 0 Å². The van der Waals surface area contributed by atoms with Crippen molar-refractivity contribution in [2.45, 2.75) is 19.9 Å². The number of methoxy groups -OCH3 is 1. The van der Waals surface area contributed by atoms with Crippen LogP contribution in [0.2, 0.25) is 0 Å². The van der Waals surface area contributed by atoms with Crippen molar-refractivity contribution in [1.82, 2.24) is 9.97 Å². The summed E-state index contributed by atoms with van der Waals surface area (Å²) in [5.74, 6) is -2.04. The number of imidazole rings is 1. The fourth-order valence-electron chi connectivity index (χ4n) is 4.40. The van der Waals surface area contributed by atoms with Crippen LogP contribution in [0, 0.1) is 19.7 Å². The molecule has 0 aliphatic carbocycles. The molecule has 2 aromatic carbocycles. The third-order valence-corrected chi connectivity index (χ3v) is 5.79. The molecule has 0 bridgehead atoms. The summed E-state index contributed by atoms with van der Waals surface area (Å²) in [6.07, 6.45) is 1.40. The number of aliphatic hydroxyl groups excluding tert-OH is 1. The predicted octanol–water partition coefficient (Wildman–Crippen LogP) is 4.55. The van der Waals surface area contributed by atoms with E-state index < -0.39 is 29.3 Å². The molecule has 1 saturated heterocycles. The van der Waals surface area contributed by atoms with Gasteiger partial charge in [-0.05, 0) is 61.4 Å². The second-order valence-corrected chi connectivity index (χ2v) is 8.07. The number of anilines is 1. The number of hydrogen-bond acceptors (Lipinski definition) is 6. The maximum absolute atomic E-state index is 13.7. The van der Waals surface area contributed by atoms with Gasteiger partial charge in [-0.15, -0.1) is 0 Å². The van der Waals surface area contributed by atoms with Crippen LogP contribution in [0.25, 0.3) is 16.8 Å². The van der Waals surface area contributed by atoms with Crippen molar-refractivity contribution >= 4 is 34.4 Å². The largest absolute Gasteiger partial charge is 0.507 e. The Balaban J connectivity index is 1.75. The summed E-state index contributed by atoms with van der Waals surface area (Å²) in [4.78, 5) is 34.8. The molecule has 172 valence electrons. The van der Waals surface area contributed by atoms with Gasteiger partial charge in [0.1, 0.15) is 29.1 Å². The van der Waals surface area contributed by atoms with Gasteiger partial charge >= 0.3 is 5.91 Å². The van der Waals surface area contributed by atoms with E-state index >= 15 is 0 Å². The number of ketones is 1. The molecule has 1 aliphatic heterocycles. The molecular weight excluding hydrogens is 441 g/mol. The van der Waals surface area contributed by atoms with Crippen molar-refractivity contribution in [2.75, 3.05) is 12.0 Å². The lowest BCUT2D eigenvalue weighted by molar-refractivity contribution is -0.132. The smallest absolute Gasteiger partial charge is 0.302 e. The first-order chi connectivity index (χ1) is 16.3. The minimum absolute atomic E-state index is 0.0236. The van der Waals surface area contributed by atoms with Crippen LogP contribution in [-0.4, -0.2) is 33.9 Å². The van der Waals surface area contributed by atoms with E-state index in [2.05, 4.69) is 9.97 Å². The molecular formula is C25H20FN3O5. The van der Waals surface area contributed by atoms with Crippen LogP contribution in [0.1, 0.15) is 28.5 Å². The number of nitrogens with zero attached hydrogens (tertiary/aromatic N) is 2. The molecule has 1 unspecified atom stereocenters. The van der Waals surface area contributed by atoms with Gasteiger partial charge in [0.05, 0.1) is 35.5 Å². The van der Waals surface area contributed by atoms with Gasteiger partial charge in [-0.1, -0.05) is 6.07 Å². The van der Waals surface area contributed by atoms with Gasteiger partial charge in [0.15, 0.2) is 0 Å². The number of benzene rings is 2. The second-order valence-electron chi connectivity index (χ2n) is 8.07. The maximum Gasteiger partial charge on any atom is 0.302 e. The number of hydrogen-bond donors (Lipinski definition) is 2. The molecule has 3 heterocycles. The highest BCUT2D eigenvalue weighted by Gasteiger charge is 2.49. The molecule has 9 heteroatoms. The molecule has 1 fully saturated rings. The molecule has 34 heavy (non-hydrogen) atoms. The van der Waals surface area contributed by atoms with Gasteiger partial charge in [0.25, 0.3) is 5.78 Å². The topological polar surface area (TPSA) is 109 Å². The van der Waals surface area contributed by atoms with Crippen molar-refractivity contribution in [2.24, 2.45) is 0 Å². The van der Waals surface area contributed by atoms with Crippen molar-refractivity contribution in [3.05, 3.63) is 82.6 Å². The third-order valence-electron chi connectivity index (χ3n) is 5.79. The normalized spacial score (nSPS) is 17.6. The molecule has 2 N–H and O–H groups in total. The molecule has 0 spiro atoms. The lowest BCUT2D eigenvalue weighted by Crippen LogP contribution is -2.30. The minimum Gasteiger partial charge on any atom is -0.507 e. The number of aryl methyl sites for hydroxylation is 2. The summed E-state index contributed by atoms with van der Waals surface area (Å²) in [5, 5.41) is 11.4. The number of carbonyl (C=O) groups is 2. The van der Waals surface area contributed by atoms with E-state index in [-0.39, 0.29) is 22.8 Å². The monoisotopic (exact) mass is 461 g/mol.